The maximum atomic E-state index is 11.7. The van der Waals surface area contributed by atoms with Gasteiger partial charge in [-0.3, -0.25) is 4.99 Å². The number of guanidine groups is 1. The maximum absolute atomic E-state index is 11.7. The number of nitrogens with one attached hydrogen (secondary N) is 4. The Labute approximate surface area is 168 Å². The quantitative estimate of drug-likeness (QED) is 0.386. The van der Waals surface area contributed by atoms with Crippen LogP contribution in [0.5, 0.6) is 0 Å². The summed E-state index contributed by atoms with van der Waals surface area (Å²) in [6, 6.07) is 7.72. The molecule has 0 aromatic heterocycles. The Morgan fingerprint density at radius 3 is 2.46 bits per heavy atom. The number of aliphatic imine (C=N–C) groups is 1. The van der Waals surface area contributed by atoms with Gasteiger partial charge in [0.15, 0.2) is 5.96 Å². The molecule has 1 aliphatic carbocycles. The van der Waals surface area contributed by atoms with Gasteiger partial charge in [0.1, 0.15) is 0 Å². The highest BCUT2D eigenvalue weighted by Crippen LogP contribution is 2.43. The van der Waals surface area contributed by atoms with Gasteiger partial charge in [-0.05, 0) is 56.2 Å². The van der Waals surface area contributed by atoms with E-state index < -0.39 is 0 Å². The first-order chi connectivity index (χ1) is 13.5. The Bertz CT molecular complexity index is 639. The zero-order valence-electron chi connectivity index (χ0n) is 17.6. The normalized spacial score (nSPS) is 15.7. The zero-order valence-corrected chi connectivity index (χ0v) is 17.6. The van der Waals surface area contributed by atoms with E-state index in [0.717, 1.165) is 36.8 Å². The number of amides is 2. The standard InChI is InChI=1S/C21H35N5O2/c1-16(2)25-20(27)26-18-8-6-17(7-9-18)14-23-19(22-3)24-15-21(10-5-11-21)12-13-28-4/h6-9,16H,5,10-15H2,1-4H3,(H2,22,23,24)(H2,25,26,27). The summed E-state index contributed by atoms with van der Waals surface area (Å²) in [4.78, 5) is 16.1. The van der Waals surface area contributed by atoms with Crippen molar-refractivity contribution in [1.29, 1.82) is 0 Å². The van der Waals surface area contributed by atoms with E-state index in [1.807, 2.05) is 38.1 Å². The summed E-state index contributed by atoms with van der Waals surface area (Å²) in [5.41, 5.74) is 2.24. The van der Waals surface area contributed by atoms with Gasteiger partial charge in [-0.2, -0.15) is 0 Å². The smallest absolute Gasteiger partial charge is 0.319 e. The first-order valence-electron chi connectivity index (χ1n) is 10.1. The molecule has 0 aliphatic heterocycles. The van der Waals surface area contributed by atoms with E-state index in [4.69, 9.17) is 4.74 Å². The van der Waals surface area contributed by atoms with Crippen LogP contribution in [-0.2, 0) is 11.3 Å². The molecule has 7 nitrogen and oxygen atoms in total. The summed E-state index contributed by atoms with van der Waals surface area (Å²) in [5.74, 6) is 0.808. The third kappa shape index (κ3) is 7.03. The van der Waals surface area contributed by atoms with Gasteiger partial charge >= 0.3 is 6.03 Å². The fourth-order valence-electron chi connectivity index (χ4n) is 3.32. The summed E-state index contributed by atoms with van der Waals surface area (Å²) in [6.07, 6.45) is 4.89. The van der Waals surface area contributed by atoms with E-state index >= 15 is 0 Å². The van der Waals surface area contributed by atoms with Crippen molar-refractivity contribution in [2.24, 2.45) is 10.4 Å². The second-order valence-corrected chi connectivity index (χ2v) is 7.83. The number of benzene rings is 1. The molecule has 156 valence electrons. The van der Waals surface area contributed by atoms with Crippen molar-refractivity contribution in [2.75, 3.05) is 32.6 Å². The lowest BCUT2D eigenvalue weighted by atomic mass is 9.67. The fraction of sp³-hybridized carbons (Fsp3) is 0.619. The average molecular weight is 390 g/mol. The SMILES string of the molecule is CN=C(NCc1ccc(NC(=O)NC(C)C)cc1)NCC1(CCOC)CCC1. The third-order valence-corrected chi connectivity index (χ3v) is 5.20. The molecule has 1 saturated carbocycles. The molecule has 0 bridgehead atoms. The number of rotatable bonds is 9. The number of hydrogen-bond donors (Lipinski definition) is 4. The zero-order chi connectivity index (χ0) is 20.4. The average Bonchev–Trinajstić information content (AvgIpc) is 2.63. The number of carbonyl (C=O) groups excluding carboxylic acids is 1. The molecule has 2 rings (SSSR count). The van der Waals surface area contributed by atoms with Crippen LogP contribution in [0.4, 0.5) is 10.5 Å². The molecule has 0 heterocycles. The van der Waals surface area contributed by atoms with Gasteiger partial charge in [0.05, 0.1) is 0 Å². The fourth-order valence-corrected chi connectivity index (χ4v) is 3.32. The van der Waals surface area contributed by atoms with E-state index in [-0.39, 0.29) is 12.1 Å². The predicted octanol–water partition coefficient (Wildman–Crippen LogP) is 3.09. The molecular formula is C21H35N5O2. The van der Waals surface area contributed by atoms with Gasteiger partial charge in [0.25, 0.3) is 0 Å². The molecule has 1 aromatic rings. The second-order valence-electron chi connectivity index (χ2n) is 7.83. The number of carbonyl (C=O) groups is 1. The van der Waals surface area contributed by atoms with Crippen LogP contribution >= 0.6 is 0 Å². The van der Waals surface area contributed by atoms with Gasteiger partial charge in [-0.15, -0.1) is 0 Å². The molecule has 1 fully saturated rings. The van der Waals surface area contributed by atoms with Crippen LogP contribution in [0, 0.1) is 5.41 Å². The summed E-state index contributed by atoms with van der Waals surface area (Å²) >= 11 is 0. The molecule has 4 N–H and O–H groups in total. The molecule has 1 aromatic carbocycles. The molecule has 0 radical (unpaired) electrons. The van der Waals surface area contributed by atoms with Crippen LogP contribution in [0.3, 0.4) is 0 Å². The van der Waals surface area contributed by atoms with Crippen LogP contribution in [0.2, 0.25) is 0 Å². The van der Waals surface area contributed by atoms with Crippen LogP contribution in [0.1, 0.15) is 45.1 Å². The van der Waals surface area contributed by atoms with Gasteiger partial charge < -0.3 is 26.0 Å². The number of nitrogens with zero attached hydrogens (tertiary/aromatic N) is 1. The maximum Gasteiger partial charge on any atom is 0.319 e. The summed E-state index contributed by atoms with van der Waals surface area (Å²) in [6.45, 7) is 6.26. The highest BCUT2D eigenvalue weighted by atomic mass is 16.5. The first-order valence-corrected chi connectivity index (χ1v) is 10.1. The molecule has 0 unspecified atom stereocenters. The van der Waals surface area contributed by atoms with Crippen molar-refractivity contribution in [3.8, 4) is 0 Å². The van der Waals surface area contributed by atoms with Crippen molar-refractivity contribution < 1.29 is 9.53 Å². The number of hydrogen-bond acceptors (Lipinski definition) is 3. The molecule has 0 atom stereocenters. The van der Waals surface area contributed by atoms with Crippen molar-refractivity contribution in [3.05, 3.63) is 29.8 Å². The third-order valence-electron chi connectivity index (χ3n) is 5.20. The Kier molecular flexibility index (Phi) is 8.57. The lowest BCUT2D eigenvalue weighted by molar-refractivity contribution is 0.0732. The minimum absolute atomic E-state index is 0.108. The minimum Gasteiger partial charge on any atom is -0.385 e. The number of anilines is 1. The molecule has 2 amide bonds. The van der Waals surface area contributed by atoms with E-state index in [0.29, 0.717) is 12.0 Å². The van der Waals surface area contributed by atoms with Crippen molar-refractivity contribution >= 4 is 17.7 Å². The van der Waals surface area contributed by atoms with Crippen LogP contribution in [-0.4, -0.2) is 45.3 Å². The Morgan fingerprint density at radius 2 is 1.93 bits per heavy atom. The molecule has 7 heteroatoms. The second kappa shape index (κ2) is 10.9. The van der Waals surface area contributed by atoms with Gasteiger partial charge in [-0.1, -0.05) is 18.6 Å². The highest BCUT2D eigenvalue weighted by Gasteiger charge is 2.36. The number of methoxy groups -OCH3 is 1. The predicted molar refractivity (Wildman–Crippen MR) is 115 cm³/mol. The van der Waals surface area contributed by atoms with Gasteiger partial charge in [0.2, 0.25) is 0 Å². The lowest BCUT2D eigenvalue weighted by Crippen LogP contribution is -2.46. The molecule has 1 aliphatic rings. The van der Waals surface area contributed by atoms with Crippen LogP contribution in [0.25, 0.3) is 0 Å². The topological polar surface area (TPSA) is 86.8 Å². The Balaban J connectivity index is 1.77. The molecule has 0 saturated heterocycles. The lowest BCUT2D eigenvalue weighted by Gasteiger charge is -2.42. The minimum atomic E-state index is -0.191. The monoisotopic (exact) mass is 389 g/mol. The van der Waals surface area contributed by atoms with E-state index in [2.05, 4.69) is 26.3 Å². The number of urea groups is 1. The van der Waals surface area contributed by atoms with E-state index in [1.54, 1.807) is 14.2 Å². The molecule has 0 spiro atoms. The van der Waals surface area contributed by atoms with Crippen molar-refractivity contribution in [2.45, 2.75) is 52.1 Å². The first kappa shape index (κ1) is 22.0. The largest absolute Gasteiger partial charge is 0.385 e. The highest BCUT2D eigenvalue weighted by molar-refractivity contribution is 5.89. The van der Waals surface area contributed by atoms with Crippen LogP contribution in [0.15, 0.2) is 29.3 Å². The summed E-state index contributed by atoms with van der Waals surface area (Å²) in [7, 11) is 3.55. The number of ether oxygens (including phenoxy) is 1. The summed E-state index contributed by atoms with van der Waals surface area (Å²) in [5, 5.41) is 12.5. The van der Waals surface area contributed by atoms with Gasteiger partial charge in [-0.25, -0.2) is 4.79 Å². The van der Waals surface area contributed by atoms with E-state index in [9.17, 15) is 4.79 Å². The molecular weight excluding hydrogens is 354 g/mol. The van der Waals surface area contributed by atoms with Gasteiger partial charge in [0, 0.05) is 45.6 Å². The summed E-state index contributed by atoms with van der Waals surface area (Å²) < 4.78 is 5.26. The van der Waals surface area contributed by atoms with Crippen LogP contribution < -0.4 is 21.3 Å². The van der Waals surface area contributed by atoms with Crippen molar-refractivity contribution in [3.63, 3.8) is 0 Å². The van der Waals surface area contributed by atoms with Crippen molar-refractivity contribution in [1.82, 2.24) is 16.0 Å². The Hall–Kier alpha value is -2.28. The van der Waals surface area contributed by atoms with E-state index in [1.165, 1.54) is 19.3 Å². The molecule has 28 heavy (non-hydrogen) atoms. The Morgan fingerprint density at radius 1 is 1.21 bits per heavy atom.